The first-order chi connectivity index (χ1) is 54.1. The van der Waals surface area contributed by atoms with Gasteiger partial charge in [0.1, 0.15) is 0 Å². The Kier molecular flexibility index (Phi) is 11.2. The maximum absolute atomic E-state index is 2.81. The average molecular weight is 1380 g/mol. The smallest absolute Gasteiger partial charge is 0.252 e. The Morgan fingerprint density at radius 3 is 1.05 bits per heavy atom. The van der Waals surface area contributed by atoms with Gasteiger partial charge in [-0.2, -0.15) is 0 Å². The number of fused-ring (bicyclic) bond motifs is 38. The third-order valence-electron chi connectivity index (χ3n) is 26.6. The summed E-state index contributed by atoms with van der Waals surface area (Å²) in [6.07, 6.45) is 0. The summed E-state index contributed by atoms with van der Waals surface area (Å²) >= 11 is 0. The zero-order valence-corrected chi connectivity index (χ0v) is 59.2. The van der Waals surface area contributed by atoms with Crippen molar-refractivity contribution >= 4 is 79.0 Å². The molecule has 0 amide bonds. The Morgan fingerprint density at radius 2 is 0.569 bits per heavy atom. The lowest BCUT2D eigenvalue weighted by atomic mass is 9.33. The van der Waals surface area contributed by atoms with E-state index in [-0.39, 0.29) is 6.71 Å². The second-order valence-electron chi connectivity index (χ2n) is 31.1. The quantitative estimate of drug-likeness (QED) is 0.163. The van der Waals surface area contributed by atoms with Crippen LogP contribution in [0.15, 0.2) is 376 Å². The van der Waals surface area contributed by atoms with Crippen molar-refractivity contribution in [2.45, 2.75) is 16.2 Å². The largest absolute Gasteiger partial charge is 0.311 e. The Morgan fingerprint density at radius 1 is 0.211 bits per heavy atom. The minimum atomic E-state index is -0.735. The normalized spacial score (nSPS) is 15.0. The third-order valence-corrected chi connectivity index (χ3v) is 26.6. The number of benzene rings is 17. The fourth-order valence-electron chi connectivity index (χ4n) is 22.8. The van der Waals surface area contributed by atoms with E-state index < -0.39 is 16.2 Å². The molecule has 6 aliphatic carbocycles. The summed E-state index contributed by atoms with van der Waals surface area (Å²) < 4.78 is 2.58. The summed E-state index contributed by atoms with van der Waals surface area (Å²) in [5.74, 6) is 0. The number of anilines is 6. The van der Waals surface area contributed by atoms with Crippen LogP contribution in [-0.2, 0) is 16.2 Å². The highest BCUT2D eigenvalue weighted by Gasteiger charge is 2.59. The van der Waals surface area contributed by atoms with Gasteiger partial charge in [-0.3, -0.25) is 0 Å². The molecule has 1 aromatic heterocycles. The van der Waals surface area contributed by atoms with E-state index in [1.807, 2.05) is 0 Å². The van der Waals surface area contributed by atoms with Crippen molar-refractivity contribution in [2.75, 3.05) is 9.80 Å². The van der Waals surface area contributed by atoms with Gasteiger partial charge in [-0.05, 0) is 210 Å². The second kappa shape index (κ2) is 20.8. The van der Waals surface area contributed by atoms with Gasteiger partial charge < -0.3 is 14.4 Å². The van der Waals surface area contributed by atoms with Crippen molar-refractivity contribution in [3.05, 3.63) is 443 Å². The molecule has 0 saturated heterocycles. The van der Waals surface area contributed by atoms with Crippen molar-refractivity contribution in [1.29, 1.82) is 0 Å². The zero-order valence-electron chi connectivity index (χ0n) is 59.2. The summed E-state index contributed by atoms with van der Waals surface area (Å²) in [7, 11) is 0. The summed E-state index contributed by atoms with van der Waals surface area (Å²) in [6.45, 7) is -0.285. The molecule has 3 nitrogen and oxygen atoms in total. The molecule has 0 unspecified atom stereocenters. The molecule has 3 heterocycles. The van der Waals surface area contributed by atoms with Gasteiger partial charge in [0, 0.05) is 50.5 Å². The van der Waals surface area contributed by atoms with Crippen molar-refractivity contribution < 1.29 is 0 Å². The van der Waals surface area contributed by atoms with Gasteiger partial charge in [-0.1, -0.05) is 322 Å². The van der Waals surface area contributed by atoms with Crippen LogP contribution >= 0.6 is 0 Å². The van der Waals surface area contributed by atoms with Gasteiger partial charge in [-0.15, -0.1) is 0 Å². The van der Waals surface area contributed by atoms with E-state index in [0.29, 0.717) is 0 Å². The molecule has 4 heteroatoms. The Labute approximate surface area is 631 Å². The summed E-state index contributed by atoms with van der Waals surface area (Å²) in [6, 6.07) is 146. The fourth-order valence-corrected chi connectivity index (χ4v) is 22.8. The number of aromatic nitrogens is 1. The lowest BCUT2D eigenvalue weighted by Crippen LogP contribution is -2.62. The van der Waals surface area contributed by atoms with Crippen molar-refractivity contribution in [1.82, 2.24) is 4.57 Å². The number of hydrogen-bond donors (Lipinski definition) is 0. The fraction of sp³-hybridized carbons (Fsp3) is 0.0286. The van der Waals surface area contributed by atoms with Crippen LogP contribution in [0.25, 0.3) is 105 Å². The average Bonchev–Trinajstić information content (AvgIpc) is 1.54. The maximum atomic E-state index is 2.81. The molecule has 18 aromatic rings. The van der Waals surface area contributed by atoms with Crippen LogP contribution in [0, 0.1) is 0 Å². The van der Waals surface area contributed by atoms with Crippen LogP contribution in [0.1, 0.15) is 66.8 Å². The second-order valence-corrected chi connectivity index (χ2v) is 31.1. The number of hydrogen-bond acceptors (Lipinski definition) is 2. The molecule has 0 fully saturated rings. The molecule has 26 rings (SSSR count). The van der Waals surface area contributed by atoms with Crippen LogP contribution in [0.5, 0.6) is 0 Å². The van der Waals surface area contributed by atoms with Crippen LogP contribution in [0.3, 0.4) is 0 Å². The molecule has 109 heavy (non-hydrogen) atoms. The maximum Gasteiger partial charge on any atom is 0.252 e. The Bertz CT molecular complexity index is 6930. The molecule has 500 valence electrons. The van der Waals surface area contributed by atoms with E-state index in [4.69, 9.17) is 0 Å². The molecular weight excluding hydrogens is 1310 g/mol. The molecule has 0 N–H and O–H groups in total. The van der Waals surface area contributed by atoms with Crippen molar-refractivity contribution in [3.8, 4) is 83.6 Å². The van der Waals surface area contributed by atoms with Gasteiger partial charge in [0.25, 0.3) is 6.71 Å². The van der Waals surface area contributed by atoms with E-state index in [1.165, 1.54) is 183 Å². The van der Waals surface area contributed by atoms with Gasteiger partial charge in [0.05, 0.1) is 33.0 Å². The predicted octanol–water partition coefficient (Wildman–Crippen LogP) is 23.6. The lowest BCUT2D eigenvalue weighted by molar-refractivity contribution is 0.790. The molecule has 0 radical (unpaired) electrons. The minimum Gasteiger partial charge on any atom is -0.311 e. The molecule has 8 aliphatic rings. The standard InChI is InChI=1S/C105H62BN3/c1-2-26-63(27-3-1)64-50-52-65(53-51-64)107-97-62-92-81(76-36-12-20-44-87(76)104(92)84-41-17-6-30-70(84)71-31-7-18-42-85(71)104)61-94(97)106-93-57-56-80-75-35-11-23-47-90(75)105(88-45-21-9-32-72(88)73-33-10-22-46-89(73)105)100(80)102(93)109(99-60-67(59-98(107)101(99)106)108-95-48-24-13-37-78(95)79-38-14-25-49-96(79)108)66-54-55-77-74-34-8-19-43-86(74)103(91(77)58-66)82-39-15-4-28-68(82)69-29-5-16-40-83(69)103/h1-62H. The van der Waals surface area contributed by atoms with Gasteiger partial charge in [0.15, 0.2) is 0 Å². The van der Waals surface area contributed by atoms with E-state index in [9.17, 15) is 0 Å². The highest BCUT2D eigenvalue weighted by molar-refractivity contribution is 7.00. The van der Waals surface area contributed by atoms with Gasteiger partial charge >= 0.3 is 0 Å². The SMILES string of the molecule is c1ccc(-c2ccc(N3c4cc5c(cc4B4c6ccc7c(c6N(c6ccc8c(c6)C6(c9ccccc9-c9ccccc96)c6ccccc6-8)c6cc(-n8c9ccccc9c9ccccc98)cc3c64)C3(c4ccccc4-c4ccccc43)c3ccccc3-7)-c3ccccc3C53c4ccccc4-c4ccccc43)cc2)cc1. The summed E-state index contributed by atoms with van der Waals surface area (Å²) in [4.78, 5) is 5.51. The van der Waals surface area contributed by atoms with E-state index in [2.05, 4.69) is 390 Å². The summed E-state index contributed by atoms with van der Waals surface area (Å²) in [5, 5.41) is 2.44. The first-order valence-electron chi connectivity index (χ1n) is 38.4. The van der Waals surface area contributed by atoms with Gasteiger partial charge in [0.2, 0.25) is 0 Å². The van der Waals surface area contributed by atoms with E-state index in [0.717, 1.165) is 39.5 Å². The predicted molar refractivity (Wildman–Crippen MR) is 449 cm³/mol. The van der Waals surface area contributed by atoms with Crippen LogP contribution < -0.4 is 26.2 Å². The number of nitrogens with zero attached hydrogens (tertiary/aromatic N) is 3. The van der Waals surface area contributed by atoms with E-state index in [1.54, 1.807) is 0 Å². The molecule has 0 atom stereocenters. The first kappa shape index (κ1) is 58.5. The number of para-hydroxylation sites is 2. The summed E-state index contributed by atoms with van der Waals surface area (Å²) in [5.41, 5.74) is 45.7. The Balaban J connectivity index is 0.852. The van der Waals surface area contributed by atoms with Crippen molar-refractivity contribution in [2.24, 2.45) is 0 Å². The van der Waals surface area contributed by atoms with Gasteiger partial charge in [-0.25, -0.2) is 0 Å². The molecular formula is C105H62BN3. The molecule has 17 aromatic carbocycles. The van der Waals surface area contributed by atoms with Crippen molar-refractivity contribution in [3.63, 3.8) is 0 Å². The van der Waals surface area contributed by atoms with Crippen LogP contribution in [-0.4, -0.2) is 11.3 Å². The van der Waals surface area contributed by atoms with Crippen LogP contribution in [0.4, 0.5) is 34.1 Å². The van der Waals surface area contributed by atoms with E-state index >= 15 is 0 Å². The topological polar surface area (TPSA) is 11.4 Å². The number of rotatable bonds is 4. The highest BCUT2D eigenvalue weighted by atomic mass is 15.2. The molecule has 0 saturated carbocycles. The monoisotopic (exact) mass is 1380 g/mol. The third kappa shape index (κ3) is 6.96. The minimum absolute atomic E-state index is 0.285. The Hall–Kier alpha value is -13.8. The lowest BCUT2D eigenvalue weighted by Gasteiger charge is -2.47. The van der Waals surface area contributed by atoms with Crippen LogP contribution in [0.2, 0.25) is 0 Å². The molecule has 3 spiro atoms. The first-order valence-corrected chi connectivity index (χ1v) is 38.4. The molecule has 2 aliphatic heterocycles. The molecule has 0 bridgehead atoms. The highest BCUT2D eigenvalue weighted by Crippen LogP contribution is 2.69. The zero-order chi connectivity index (χ0) is 70.7.